The van der Waals surface area contributed by atoms with Crippen LogP contribution in [0.5, 0.6) is 0 Å². The lowest BCUT2D eigenvalue weighted by Crippen LogP contribution is -2.18. The number of nitrogens with two attached hydrogens (primary N) is 1. The molecule has 106 valence electrons. The second-order valence-electron chi connectivity index (χ2n) is 5.03. The smallest absolute Gasteiger partial charge is 0.272 e. The molecule has 0 atom stereocenters. The molecular formula is C15H18BrN3O. The molecule has 0 unspecified atom stereocenters. The molecule has 20 heavy (non-hydrogen) atoms. The molecule has 1 aromatic heterocycles. The summed E-state index contributed by atoms with van der Waals surface area (Å²) in [6, 6.07) is 7.59. The summed E-state index contributed by atoms with van der Waals surface area (Å²) in [6.07, 6.45) is 1.79. The Labute approximate surface area is 127 Å². The van der Waals surface area contributed by atoms with Crippen LogP contribution in [0.4, 0.5) is 11.4 Å². The van der Waals surface area contributed by atoms with Crippen molar-refractivity contribution in [3.8, 4) is 0 Å². The maximum Gasteiger partial charge on any atom is 0.272 e. The number of hydrogen-bond acceptors (Lipinski definition) is 2. The number of carbonyl (C=O) groups is 1. The summed E-state index contributed by atoms with van der Waals surface area (Å²) in [5, 5.41) is 2.93. The first-order valence-electron chi connectivity index (χ1n) is 6.44. The summed E-state index contributed by atoms with van der Waals surface area (Å²) in [4.78, 5) is 12.4. The maximum atomic E-state index is 12.4. The lowest BCUT2D eigenvalue weighted by Gasteiger charge is -2.14. The van der Waals surface area contributed by atoms with Gasteiger partial charge in [-0.15, -0.1) is 0 Å². The number of nitrogens with one attached hydrogen (secondary N) is 1. The highest BCUT2D eigenvalue weighted by atomic mass is 79.9. The summed E-state index contributed by atoms with van der Waals surface area (Å²) in [5.41, 5.74) is 8.74. The van der Waals surface area contributed by atoms with E-state index in [9.17, 15) is 4.79 Å². The highest BCUT2D eigenvalue weighted by Gasteiger charge is 2.16. The molecule has 2 aromatic rings. The van der Waals surface area contributed by atoms with Crippen LogP contribution in [-0.4, -0.2) is 10.5 Å². The molecular weight excluding hydrogens is 318 g/mol. The molecule has 0 fully saturated rings. The first-order valence-corrected chi connectivity index (χ1v) is 7.23. The molecule has 1 aromatic carbocycles. The Hall–Kier alpha value is -1.75. The van der Waals surface area contributed by atoms with Crippen LogP contribution in [0.3, 0.4) is 0 Å². The van der Waals surface area contributed by atoms with E-state index in [0.29, 0.717) is 11.4 Å². The minimum atomic E-state index is -0.156. The van der Waals surface area contributed by atoms with Crippen LogP contribution in [-0.2, 0) is 0 Å². The summed E-state index contributed by atoms with van der Waals surface area (Å²) >= 11 is 3.46. The summed E-state index contributed by atoms with van der Waals surface area (Å²) in [7, 11) is 0. The van der Waals surface area contributed by atoms with E-state index in [-0.39, 0.29) is 11.9 Å². The molecule has 0 radical (unpaired) electrons. The Kier molecular flexibility index (Phi) is 4.18. The van der Waals surface area contributed by atoms with Crippen molar-refractivity contribution < 1.29 is 4.79 Å². The van der Waals surface area contributed by atoms with Crippen molar-refractivity contribution in [3.63, 3.8) is 0 Å². The molecule has 4 nitrogen and oxygen atoms in total. The Morgan fingerprint density at radius 3 is 2.75 bits per heavy atom. The van der Waals surface area contributed by atoms with E-state index in [2.05, 4.69) is 21.2 Å². The Morgan fingerprint density at radius 1 is 1.40 bits per heavy atom. The second-order valence-corrected chi connectivity index (χ2v) is 5.88. The van der Waals surface area contributed by atoms with Crippen LogP contribution in [0, 0.1) is 6.92 Å². The molecule has 1 heterocycles. The van der Waals surface area contributed by atoms with Gasteiger partial charge < -0.3 is 15.6 Å². The molecule has 0 saturated heterocycles. The molecule has 0 saturated carbocycles. The van der Waals surface area contributed by atoms with Gasteiger partial charge in [0.15, 0.2) is 0 Å². The fraction of sp³-hybridized carbons (Fsp3) is 0.267. The third kappa shape index (κ3) is 2.88. The van der Waals surface area contributed by atoms with E-state index in [4.69, 9.17) is 5.73 Å². The van der Waals surface area contributed by atoms with Crippen LogP contribution in [0.25, 0.3) is 0 Å². The molecule has 0 aliphatic rings. The van der Waals surface area contributed by atoms with Crippen molar-refractivity contribution in [2.45, 2.75) is 26.8 Å². The maximum absolute atomic E-state index is 12.4. The molecule has 3 N–H and O–H groups in total. The number of carbonyl (C=O) groups excluding carboxylic acids is 1. The summed E-state index contributed by atoms with van der Waals surface area (Å²) in [6.45, 7) is 5.98. The summed E-state index contributed by atoms with van der Waals surface area (Å²) < 4.78 is 2.84. The van der Waals surface area contributed by atoms with E-state index < -0.39 is 0 Å². The van der Waals surface area contributed by atoms with Gasteiger partial charge in [0, 0.05) is 22.4 Å². The van der Waals surface area contributed by atoms with Gasteiger partial charge in [-0.2, -0.15) is 0 Å². The Balaban J connectivity index is 2.31. The molecule has 0 aliphatic heterocycles. The van der Waals surface area contributed by atoms with Gasteiger partial charge in [0.2, 0.25) is 0 Å². The van der Waals surface area contributed by atoms with Crippen molar-refractivity contribution in [1.29, 1.82) is 0 Å². The Morgan fingerprint density at radius 2 is 2.10 bits per heavy atom. The third-order valence-corrected chi connectivity index (χ3v) is 4.03. The topological polar surface area (TPSA) is 60.1 Å². The van der Waals surface area contributed by atoms with Gasteiger partial charge in [0.05, 0.1) is 5.69 Å². The molecule has 5 heteroatoms. The number of aromatic nitrogens is 1. The average Bonchev–Trinajstić information content (AvgIpc) is 2.77. The Bertz CT molecular complexity index is 647. The van der Waals surface area contributed by atoms with Gasteiger partial charge in [-0.3, -0.25) is 4.79 Å². The molecule has 1 amide bonds. The molecule has 2 rings (SSSR count). The van der Waals surface area contributed by atoms with Crippen LogP contribution >= 0.6 is 15.9 Å². The van der Waals surface area contributed by atoms with Crippen molar-refractivity contribution in [3.05, 3.63) is 46.2 Å². The molecule has 0 aliphatic carbocycles. The van der Waals surface area contributed by atoms with Gasteiger partial charge >= 0.3 is 0 Å². The van der Waals surface area contributed by atoms with E-state index in [1.807, 2.05) is 43.5 Å². The monoisotopic (exact) mass is 335 g/mol. The zero-order valence-electron chi connectivity index (χ0n) is 11.8. The first-order chi connectivity index (χ1) is 9.40. The highest BCUT2D eigenvalue weighted by molar-refractivity contribution is 9.10. The van der Waals surface area contributed by atoms with Gasteiger partial charge in [-0.05, 0) is 44.5 Å². The minimum Gasteiger partial charge on any atom is -0.397 e. The van der Waals surface area contributed by atoms with Gasteiger partial charge in [-0.25, -0.2) is 0 Å². The van der Waals surface area contributed by atoms with Gasteiger partial charge in [0.1, 0.15) is 5.69 Å². The number of hydrogen-bond donors (Lipinski definition) is 2. The minimum absolute atomic E-state index is 0.156. The second kappa shape index (κ2) is 5.71. The number of halogens is 1. The molecule has 0 bridgehead atoms. The fourth-order valence-corrected chi connectivity index (χ4v) is 2.41. The highest BCUT2D eigenvalue weighted by Crippen LogP contribution is 2.25. The third-order valence-electron chi connectivity index (χ3n) is 3.17. The largest absolute Gasteiger partial charge is 0.397 e. The number of nitrogen functional groups attached to an aromatic ring is 1. The quantitative estimate of drug-likeness (QED) is 0.891. The normalized spacial score (nSPS) is 10.8. The first kappa shape index (κ1) is 14.7. The summed E-state index contributed by atoms with van der Waals surface area (Å²) in [5.74, 6) is -0.156. The fourth-order valence-electron chi connectivity index (χ4n) is 2.04. The van der Waals surface area contributed by atoms with Crippen molar-refractivity contribution in [2.24, 2.45) is 0 Å². The van der Waals surface area contributed by atoms with Crippen molar-refractivity contribution in [1.82, 2.24) is 4.57 Å². The molecule has 0 spiro atoms. The zero-order chi connectivity index (χ0) is 14.9. The van der Waals surface area contributed by atoms with E-state index in [1.54, 1.807) is 12.3 Å². The van der Waals surface area contributed by atoms with Crippen LogP contribution in [0.15, 0.2) is 34.9 Å². The van der Waals surface area contributed by atoms with Crippen molar-refractivity contribution >= 4 is 33.2 Å². The lowest BCUT2D eigenvalue weighted by molar-refractivity contribution is 0.101. The van der Waals surface area contributed by atoms with Gasteiger partial charge in [0.25, 0.3) is 5.91 Å². The van der Waals surface area contributed by atoms with Gasteiger partial charge in [-0.1, -0.05) is 22.0 Å². The standard InChI is InChI=1S/C15H18BrN3O/c1-9(2)19-8-11(17)7-14(19)15(20)18-13-6-4-5-12(16)10(13)3/h4-9H,17H2,1-3H3,(H,18,20). The number of rotatable bonds is 3. The van der Waals surface area contributed by atoms with E-state index in [0.717, 1.165) is 15.7 Å². The number of nitrogens with zero attached hydrogens (tertiary/aromatic N) is 1. The number of anilines is 2. The van der Waals surface area contributed by atoms with Crippen LogP contribution < -0.4 is 11.1 Å². The van der Waals surface area contributed by atoms with E-state index in [1.165, 1.54) is 0 Å². The number of benzene rings is 1. The predicted octanol–water partition coefficient (Wildman–Crippen LogP) is 3.97. The van der Waals surface area contributed by atoms with Crippen molar-refractivity contribution in [2.75, 3.05) is 11.1 Å². The van der Waals surface area contributed by atoms with Crippen LogP contribution in [0.1, 0.15) is 35.9 Å². The predicted molar refractivity (Wildman–Crippen MR) is 86.1 cm³/mol. The average molecular weight is 336 g/mol. The van der Waals surface area contributed by atoms with Crippen LogP contribution in [0.2, 0.25) is 0 Å². The number of amides is 1. The SMILES string of the molecule is Cc1c(Br)cccc1NC(=O)c1cc(N)cn1C(C)C. The zero-order valence-corrected chi connectivity index (χ0v) is 13.4. The lowest BCUT2D eigenvalue weighted by atomic mass is 10.2. The van der Waals surface area contributed by atoms with E-state index >= 15 is 0 Å².